The second-order valence-corrected chi connectivity index (χ2v) is 4.60. The molecule has 0 saturated heterocycles. The van der Waals surface area contributed by atoms with E-state index in [0.717, 1.165) is 23.4 Å². The van der Waals surface area contributed by atoms with Crippen LogP contribution in [0.3, 0.4) is 0 Å². The van der Waals surface area contributed by atoms with Gasteiger partial charge in [0.1, 0.15) is 0 Å². The highest BCUT2D eigenvalue weighted by Gasteiger charge is 2.09. The molecule has 104 valence electrons. The normalized spacial score (nSPS) is 10.1. The largest absolute Gasteiger partial charge is 0.385 e. The minimum atomic E-state index is -0.0607. The highest BCUT2D eigenvalue weighted by atomic mass is 16.1. The van der Waals surface area contributed by atoms with Crippen molar-refractivity contribution >= 4 is 11.6 Å². The first kappa shape index (κ1) is 14.1. The van der Waals surface area contributed by atoms with Crippen molar-refractivity contribution in [1.82, 2.24) is 10.3 Å². The minimum Gasteiger partial charge on any atom is -0.385 e. The molecule has 2 rings (SSSR count). The zero-order valence-corrected chi connectivity index (χ0v) is 11.8. The van der Waals surface area contributed by atoms with Gasteiger partial charge in [0, 0.05) is 36.7 Å². The van der Waals surface area contributed by atoms with E-state index in [4.69, 9.17) is 0 Å². The predicted octanol–water partition coefficient (Wildman–Crippen LogP) is 2.75. The van der Waals surface area contributed by atoms with E-state index < -0.39 is 0 Å². The van der Waals surface area contributed by atoms with Gasteiger partial charge in [0.25, 0.3) is 5.91 Å². The van der Waals surface area contributed by atoms with Crippen LogP contribution in [0.4, 0.5) is 5.69 Å². The van der Waals surface area contributed by atoms with Crippen molar-refractivity contribution in [3.8, 4) is 0 Å². The summed E-state index contributed by atoms with van der Waals surface area (Å²) in [5, 5.41) is 6.14. The fourth-order valence-corrected chi connectivity index (χ4v) is 2.01. The highest BCUT2D eigenvalue weighted by molar-refractivity contribution is 5.96. The molecule has 2 aromatic rings. The van der Waals surface area contributed by atoms with E-state index in [1.54, 1.807) is 12.4 Å². The monoisotopic (exact) mass is 269 g/mol. The third-order valence-electron chi connectivity index (χ3n) is 3.03. The Morgan fingerprint density at radius 1 is 1.30 bits per heavy atom. The maximum Gasteiger partial charge on any atom is 0.251 e. The van der Waals surface area contributed by atoms with E-state index >= 15 is 0 Å². The van der Waals surface area contributed by atoms with Crippen molar-refractivity contribution in [3.05, 3.63) is 59.4 Å². The summed E-state index contributed by atoms with van der Waals surface area (Å²) in [6.07, 6.45) is 3.47. The van der Waals surface area contributed by atoms with E-state index in [0.29, 0.717) is 12.1 Å². The van der Waals surface area contributed by atoms with Gasteiger partial charge < -0.3 is 10.6 Å². The summed E-state index contributed by atoms with van der Waals surface area (Å²) in [7, 11) is 0. The number of pyridine rings is 1. The first-order valence-electron chi connectivity index (χ1n) is 6.72. The minimum absolute atomic E-state index is 0.0607. The van der Waals surface area contributed by atoms with Crippen molar-refractivity contribution in [2.24, 2.45) is 0 Å². The van der Waals surface area contributed by atoms with Crippen molar-refractivity contribution in [2.45, 2.75) is 20.4 Å². The molecule has 0 aliphatic carbocycles. The van der Waals surface area contributed by atoms with E-state index in [1.165, 1.54) is 0 Å². The van der Waals surface area contributed by atoms with Gasteiger partial charge in [-0.1, -0.05) is 6.07 Å². The number of hydrogen-bond acceptors (Lipinski definition) is 3. The van der Waals surface area contributed by atoms with Gasteiger partial charge >= 0.3 is 0 Å². The number of carbonyl (C=O) groups is 1. The molecule has 20 heavy (non-hydrogen) atoms. The summed E-state index contributed by atoms with van der Waals surface area (Å²) in [5.41, 5.74) is 3.69. The van der Waals surface area contributed by atoms with Gasteiger partial charge in [-0.05, 0) is 49.2 Å². The summed E-state index contributed by atoms with van der Waals surface area (Å²) in [6, 6.07) is 9.57. The number of nitrogens with one attached hydrogen (secondary N) is 2. The van der Waals surface area contributed by atoms with Crippen LogP contribution < -0.4 is 10.6 Å². The molecule has 0 fully saturated rings. The van der Waals surface area contributed by atoms with Crippen LogP contribution >= 0.6 is 0 Å². The molecule has 0 atom stereocenters. The van der Waals surface area contributed by atoms with Gasteiger partial charge in [0.2, 0.25) is 0 Å². The molecule has 0 unspecified atom stereocenters. The number of hydrogen-bond donors (Lipinski definition) is 2. The number of nitrogens with zero attached hydrogens (tertiary/aromatic N) is 1. The molecular weight excluding hydrogens is 250 g/mol. The smallest absolute Gasteiger partial charge is 0.251 e. The molecule has 0 radical (unpaired) electrons. The van der Waals surface area contributed by atoms with E-state index in [2.05, 4.69) is 15.6 Å². The Balaban J connectivity index is 2.02. The van der Waals surface area contributed by atoms with Crippen molar-refractivity contribution in [3.63, 3.8) is 0 Å². The molecule has 1 aromatic carbocycles. The van der Waals surface area contributed by atoms with Crippen LogP contribution in [0.1, 0.15) is 28.4 Å². The summed E-state index contributed by atoms with van der Waals surface area (Å²) < 4.78 is 0. The topological polar surface area (TPSA) is 54.0 Å². The van der Waals surface area contributed by atoms with Crippen LogP contribution in [-0.4, -0.2) is 17.4 Å². The molecule has 0 bridgehead atoms. The van der Waals surface area contributed by atoms with Crippen LogP contribution in [0.15, 0.2) is 42.7 Å². The number of carbonyl (C=O) groups excluding carboxylic acids is 1. The number of rotatable bonds is 5. The summed E-state index contributed by atoms with van der Waals surface area (Å²) in [5.74, 6) is -0.0607. The molecule has 4 nitrogen and oxygen atoms in total. The molecule has 0 aliphatic rings. The molecule has 1 aromatic heterocycles. The first-order chi connectivity index (χ1) is 9.70. The summed E-state index contributed by atoms with van der Waals surface area (Å²) >= 11 is 0. The Morgan fingerprint density at radius 2 is 2.15 bits per heavy atom. The highest BCUT2D eigenvalue weighted by Crippen LogP contribution is 2.15. The van der Waals surface area contributed by atoms with E-state index in [1.807, 2.05) is 44.2 Å². The lowest BCUT2D eigenvalue weighted by Crippen LogP contribution is -2.23. The zero-order valence-electron chi connectivity index (χ0n) is 11.8. The SMILES string of the molecule is CCNc1ccc(C(=O)NCc2cccnc2)c(C)c1. The third-order valence-corrected chi connectivity index (χ3v) is 3.03. The van der Waals surface area contributed by atoms with Gasteiger partial charge in [0.05, 0.1) is 0 Å². The molecule has 0 aliphatic heterocycles. The van der Waals surface area contributed by atoms with Crippen LogP contribution in [0.25, 0.3) is 0 Å². The van der Waals surface area contributed by atoms with Crippen LogP contribution in [0.2, 0.25) is 0 Å². The number of aryl methyl sites for hydroxylation is 1. The Bertz CT molecular complexity index is 582. The number of amides is 1. The van der Waals surface area contributed by atoms with Crippen molar-refractivity contribution < 1.29 is 4.79 Å². The van der Waals surface area contributed by atoms with Crippen molar-refractivity contribution in [2.75, 3.05) is 11.9 Å². The zero-order chi connectivity index (χ0) is 14.4. The molecule has 1 heterocycles. The van der Waals surface area contributed by atoms with Gasteiger partial charge in [0.15, 0.2) is 0 Å². The second kappa shape index (κ2) is 6.70. The Kier molecular flexibility index (Phi) is 4.71. The second-order valence-electron chi connectivity index (χ2n) is 4.60. The Labute approximate surface area is 119 Å². The van der Waals surface area contributed by atoms with Crippen LogP contribution in [-0.2, 0) is 6.54 Å². The Morgan fingerprint density at radius 3 is 2.80 bits per heavy atom. The number of aromatic nitrogens is 1. The van der Waals surface area contributed by atoms with Crippen LogP contribution in [0, 0.1) is 6.92 Å². The maximum atomic E-state index is 12.2. The average molecular weight is 269 g/mol. The number of anilines is 1. The van der Waals surface area contributed by atoms with Crippen LogP contribution in [0.5, 0.6) is 0 Å². The summed E-state index contributed by atoms with van der Waals surface area (Å²) in [4.78, 5) is 16.2. The standard InChI is InChI=1S/C16H19N3O/c1-3-18-14-6-7-15(12(2)9-14)16(20)19-11-13-5-4-8-17-10-13/h4-10,18H,3,11H2,1-2H3,(H,19,20). The lowest BCUT2D eigenvalue weighted by atomic mass is 10.1. The lowest BCUT2D eigenvalue weighted by Gasteiger charge is -2.10. The summed E-state index contributed by atoms with van der Waals surface area (Å²) in [6.45, 7) is 5.34. The molecule has 0 spiro atoms. The maximum absolute atomic E-state index is 12.2. The molecule has 2 N–H and O–H groups in total. The van der Waals surface area contributed by atoms with Gasteiger partial charge in [-0.2, -0.15) is 0 Å². The predicted molar refractivity (Wildman–Crippen MR) is 80.7 cm³/mol. The quantitative estimate of drug-likeness (QED) is 0.877. The molecular formula is C16H19N3O. The fraction of sp³-hybridized carbons (Fsp3) is 0.250. The van der Waals surface area contributed by atoms with Crippen molar-refractivity contribution in [1.29, 1.82) is 0 Å². The first-order valence-corrected chi connectivity index (χ1v) is 6.72. The fourth-order valence-electron chi connectivity index (χ4n) is 2.01. The van der Waals surface area contributed by atoms with Gasteiger partial charge in [-0.15, -0.1) is 0 Å². The number of benzene rings is 1. The average Bonchev–Trinajstić information content (AvgIpc) is 2.46. The molecule has 1 amide bonds. The van der Waals surface area contributed by atoms with E-state index in [-0.39, 0.29) is 5.91 Å². The van der Waals surface area contributed by atoms with E-state index in [9.17, 15) is 4.79 Å². The Hall–Kier alpha value is -2.36. The molecule has 0 saturated carbocycles. The third kappa shape index (κ3) is 3.57. The molecule has 4 heteroatoms. The lowest BCUT2D eigenvalue weighted by molar-refractivity contribution is 0.0950. The van der Waals surface area contributed by atoms with Gasteiger partial charge in [-0.25, -0.2) is 0 Å². The van der Waals surface area contributed by atoms with Gasteiger partial charge in [-0.3, -0.25) is 9.78 Å².